The predicted octanol–water partition coefficient (Wildman–Crippen LogP) is 3.30. The molecule has 0 saturated heterocycles. The van der Waals surface area contributed by atoms with Crippen molar-refractivity contribution in [2.75, 3.05) is 12.4 Å². The number of ether oxygens (including phenoxy) is 1. The molecule has 0 aliphatic rings. The molecule has 0 fully saturated rings. The van der Waals surface area contributed by atoms with Crippen LogP contribution in [0, 0.1) is 5.82 Å². The number of aliphatic hydroxyl groups is 1. The molecular weight excluding hydrogens is 259 g/mol. The molecule has 0 aromatic heterocycles. The molecule has 1 N–H and O–H groups in total. The lowest BCUT2D eigenvalue weighted by Gasteiger charge is -2.10. The number of aliphatic hydroxyl groups excluding tert-OH is 1. The number of rotatable bonds is 5. The first-order valence-electron chi connectivity index (χ1n) is 5.36. The van der Waals surface area contributed by atoms with Crippen molar-refractivity contribution in [3.63, 3.8) is 0 Å². The molecule has 1 unspecified atom stereocenters. The smallest absolute Gasteiger partial charge is 0.219 e. The first-order chi connectivity index (χ1) is 8.13. The predicted molar refractivity (Wildman–Crippen MR) is 72.7 cm³/mol. The van der Waals surface area contributed by atoms with Crippen LogP contribution in [0.25, 0.3) is 0 Å². The molecule has 5 heteroatoms. The van der Waals surface area contributed by atoms with Gasteiger partial charge in [0.15, 0.2) is 0 Å². The molecule has 1 atom stereocenters. The van der Waals surface area contributed by atoms with E-state index in [4.69, 9.17) is 17.0 Å². The summed E-state index contributed by atoms with van der Waals surface area (Å²) in [5.74, 6) is 0.380. The van der Waals surface area contributed by atoms with Gasteiger partial charge in [-0.3, -0.25) is 0 Å². The topological polar surface area (TPSA) is 29.5 Å². The van der Waals surface area contributed by atoms with E-state index >= 15 is 0 Å². The molecule has 2 nitrogen and oxygen atoms in total. The zero-order valence-electron chi connectivity index (χ0n) is 9.56. The van der Waals surface area contributed by atoms with E-state index in [1.165, 1.54) is 23.9 Å². The zero-order valence-corrected chi connectivity index (χ0v) is 11.2. The highest BCUT2D eigenvalue weighted by molar-refractivity contribution is 8.22. The summed E-state index contributed by atoms with van der Waals surface area (Å²) in [7, 11) is 0. The van der Waals surface area contributed by atoms with Crippen molar-refractivity contribution in [1.82, 2.24) is 0 Å². The second-order valence-electron chi connectivity index (χ2n) is 3.39. The maximum absolute atomic E-state index is 12.7. The quantitative estimate of drug-likeness (QED) is 0.834. The summed E-state index contributed by atoms with van der Waals surface area (Å²) in [6.07, 6.45) is -0.0312. The molecule has 0 bridgehead atoms. The van der Waals surface area contributed by atoms with Gasteiger partial charge < -0.3 is 9.84 Å². The van der Waals surface area contributed by atoms with E-state index in [1.807, 2.05) is 6.92 Å². The molecule has 94 valence electrons. The average Bonchev–Trinajstić information content (AvgIpc) is 2.30. The van der Waals surface area contributed by atoms with E-state index in [1.54, 1.807) is 12.1 Å². The Bertz CT molecular complexity index is 354. The third-order valence-electron chi connectivity index (χ3n) is 2.13. The van der Waals surface area contributed by atoms with Crippen molar-refractivity contribution < 1.29 is 14.2 Å². The van der Waals surface area contributed by atoms with Crippen LogP contribution in [0.3, 0.4) is 0 Å². The lowest BCUT2D eigenvalue weighted by molar-refractivity contribution is 0.175. The minimum absolute atomic E-state index is 0.298. The third kappa shape index (κ3) is 5.48. The molecule has 0 saturated carbocycles. The molecule has 0 aliphatic carbocycles. The summed E-state index contributed by atoms with van der Waals surface area (Å²) in [5.41, 5.74) is 0.717. The Morgan fingerprint density at radius 1 is 1.47 bits per heavy atom. The van der Waals surface area contributed by atoms with Crippen LogP contribution in [-0.2, 0) is 4.74 Å². The Hall–Kier alpha value is -0.650. The molecule has 1 aromatic rings. The summed E-state index contributed by atoms with van der Waals surface area (Å²) in [4.78, 5) is 0. The Balaban J connectivity index is 2.32. The second kappa shape index (κ2) is 7.63. The zero-order chi connectivity index (χ0) is 12.7. The maximum atomic E-state index is 12.7. The molecule has 0 radical (unpaired) electrons. The molecule has 0 heterocycles. The van der Waals surface area contributed by atoms with Gasteiger partial charge in [0.1, 0.15) is 5.82 Å². The fourth-order valence-electron chi connectivity index (χ4n) is 1.27. The van der Waals surface area contributed by atoms with Crippen molar-refractivity contribution in [3.8, 4) is 0 Å². The van der Waals surface area contributed by atoms with Crippen LogP contribution in [0.4, 0.5) is 4.39 Å². The van der Waals surface area contributed by atoms with Crippen LogP contribution < -0.4 is 0 Å². The van der Waals surface area contributed by atoms with E-state index in [-0.39, 0.29) is 5.82 Å². The lowest BCUT2D eigenvalue weighted by atomic mass is 10.1. The number of halogens is 1. The number of thiocarbonyl (C=S) groups is 1. The molecular formula is C12H15FO2S2. The summed E-state index contributed by atoms with van der Waals surface area (Å²) in [5, 5.41) is 9.83. The third-order valence-corrected chi connectivity index (χ3v) is 3.39. The van der Waals surface area contributed by atoms with Crippen LogP contribution in [0.2, 0.25) is 0 Å². The minimum Gasteiger partial charge on any atom is -0.479 e. The number of benzene rings is 1. The fourth-order valence-corrected chi connectivity index (χ4v) is 2.34. The Morgan fingerprint density at radius 2 is 2.12 bits per heavy atom. The minimum atomic E-state index is -0.590. The van der Waals surface area contributed by atoms with Gasteiger partial charge in [0.25, 0.3) is 0 Å². The van der Waals surface area contributed by atoms with Gasteiger partial charge in [0.05, 0.1) is 12.7 Å². The highest BCUT2D eigenvalue weighted by Gasteiger charge is 2.08. The highest BCUT2D eigenvalue weighted by atomic mass is 32.2. The van der Waals surface area contributed by atoms with Crippen LogP contribution in [0.1, 0.15) is 25.0 Å². The monoisotopic (exact) mass is 274 g/mol. The first-order valence-corrected chi connectivity index (χ1v) is 6.76. The number of thioether (sulfide) groups is 1. The van der Waals surface area contributed by atoms with Crippen LogP contribution in [-0.4, -0.2) is 21.8 Å². The van der Waals surface area contributed by atoms with Gasteiger partial charge in [0, 0.05) is 5.75 Å². The van der Waals surface area contributed by atoms with E-state index in [2.05, 4.69) is 0 Å². The van der Waals surface area contributed by atoms with Crippen molar-refractivity contribution in [2.24, 2.45) is 0 Å². The van der Waals surface area contributed by atoms with Gasteiger partial charge in [-0.05, 0) is 43.3 Å². The van der Waals surface area contributed by atoms with Crippen LogP contribution in [0.15, 0.2) is 24.3 Å². The standard InChI is InChI=1S/C12H15FO2S2/c1-2-15-12(16)17-8-7-11(14)9-3-5-10(13)6-4-9/h3-6,11,14H,2,7-8H2,1H3. The highest BCUT2D eigenvalue weighted by Crippen LogP contribution is 2.20. The molecule has 17 heavy (non-hydrogen) atoms. The lowest BCUT2D eigenvalue weighted by Crippen LogP contribution is -2.02. The maximum Gasteiger partial charge on any atom is 0.219 e. The van der Waals surface area contributed by atoms with Gasteiger partial charge >= 0.3 is 0 Å². The van der Waals surface area contributed by atoms with Gasteiger partial charge in [-0.25, -0.2) is 4.39 Å². The van der Waals surface area contributed by atoms with Crippen molar-refractivity contribution in [2.45, 2.75) is 19.4 Å². The molecule has 0 aliphatic heterocycles. The van der Waals surface area contributed by atoms with Gasteiger partial charge in [-0.2, -0.15) is 0 Å². The molecule has 1 aromatic carbocycles. The van der Waals surface area contributed by atoms with Crippen LogP contribution in [0.5, 0.6) is 0 Å². The average molecular weight is 274 g/mol. The molecule has 1 rings (SSSR count). The second-order valence-corrected chi connectivity index (χ2v) is 5.08. The van der Waals surface area contributed by atoms with Crippen molar-refractivity contribution in [3.05, 3.63) is 35.6 Å². The van der Waals surface area contributed by atoms with E-state index in [0.717, 1.165) is 0 Å². The van der Waals surface area contributed by atoms with E-state index < -0.39 is 6.10 Å². The van der Waals surface area contributed by atoms with Crippen molar-refractivity contribution in [1.29, 1.82) is 0 Å². The van der Waals surface area contributed by atoms with E-state index in [0.29, 0.717) is 28.7 Å². The number of hydrogen-bond donors (Lipinski definition) is 1. The Labute approximate surface area is 110 Å². The molecule has 0 spiro atoms. The Kier molecular flexibility index (Phi) is 6.47. The number of hydrogen-bond acceptors (Lipinski definition) is 4. The van der Waals surface area contributed by atoms with Gasteiger partial charge in [-0.1, -0.05) is 23.9 Å². The van der Waals surface area contributed by atoms with E-state index in [9.17, 15) is 9.50 Å². The molecule has 0 amide bonds. The summed E-state index contributed by atoms with van der Waals surface area (Å²) in [6.45, 7) is 2.44. The van der Waals surface area contributed by atoms with Crippen molar-refractivity contribution >= 4 is 28.4 Å². The fraction of sp³-hybridized carbons (Fsp3) is 0.417. The van der Waals surface area contributed by atoms with Gasteiger partial charge in [0.2, 0.25) is 4.38 Å². The van der Waals surface area contributed by atoms with Gasteiger partial charge in [-0.15, -0.1) is 0 Å². The largest absolute Gasteiger partial charge is 0.479 e. The SMILES string of the molecule is CCOC(=S)SCCC(O)c1ccc(F)cc1. The summed E-state index contributed by atoms with van der Waals surface area (Å²) >= 11 is 6.35. The summed E-state index contributed by atoms with van der Waals surface area (Å²) < 4.78 is 18.3. The first kappa shape index (κ1) is 14.4. The van der Waals surface area contributed by atoms with Crippen LogP contribution >= 0.6 is 24.0 Å². The summed E-state index contributed by atoms with van der Waals surface area (Å²) in [6, 6.07) is 5.87. The Morgan fingerprint density at radius 3 is 2.71 bits per heavy atom. The normalized spacial score (nSPS) is 12.2.